The number of aryl methyl sites for hydroxylation is 1. The van der Waals surface area contributed by atoms with Crippen molar-refractivity contribution in [2.45, 2.75) is 19.4 Å². The third kappa shape index (κ3) is 3.16. The molecule has 0 spiro atoms. The first-order chi connectivity index (χ1) is 9.95. The SMILES string of the molecule is COc1cccc(C(C)(Nc2cccc(C)c2)C(=O)O)c1. The van der Waals surface area contributed by atoms with Crippen LogP contribution in [-0.4, -0.2) is 18.2 Å². The minimum atomic E-state index is -1.23. The number of benzene rings is 2. The Morgan fingerprint density at radius 2 is 1.90 bits per heavy atom. The molecule has 0 amide bonds. The molecule has 0 heterocycles. The van der Waals surface area contributed by atoms with Crippen LogP contribution in [0.15, 0.2) is 48.5 Å². The number of ether oxygens (including phenoxy) is 1. The molecule has 1 atom stereocenters. The van der Waals surface area contributed by atoms with Crippen LogP contribution in [-0.2, 0) is 10.3 Å². The van der Waals surface area contributed by atoms with Crippen molar-refractivity contribution in [2.75, 3.05) is 12.4 Å². The van der Waals surface area contributed by atoms with Crippen molar-refractivity contribution in [1.29, 1.82) is 0 Å². The Labute approximate surface area is 124 Å². The maximum Gasteiger partial charge on any atom is 0.333 e. The predicted octanol–water partition coefficient (Wildman–Crippen LogP) is 3.42. The van der Waals surface area contributed by atoms with Gasteiger partial charge in [0, 0.05) is 5.69 Å². The van der Waals surface area contributed by atoms with Crippen LogP contribution in [0.1, 0.15) is 18.1 Å². The highest BCUT2D eigenvalue weighted by Crippen LogP contribution is 2.29. The average molecular weight is 285 g/mol. The molecular weight excluding hydrogens is 266 g/mol. The molecule has 4 heteroatoms. The first-order valence-electron chi connectivity index (χ1n) is 6.68. The summed E-state index contributed by atoms with van der Waals surface area (Å²) in [6.45, 7) is 3.61. The van der Waals surface area contributed by atoms with Crippen LogP contribution in [0.2, 0.25) is 0 Å². The lowest BCUT2D eigenvalue weighted by molar-refractivity contribution is -0.142. The van der Waals surface area contributed by atoms with Gasteiger partial charge in [-0.3, -0.25) is 0 Å². The molecule has 1 unspecified atom stereocenters. The molecule has 2 aromatic carbocycles. The smallest absolute Gasteiger partial charge is 0.333 e. The van der Waals surface area contributed by atoms with Gasteiger partial charge in [-0.15, -0.1) is 0 Å². The molecule has 0 aliphatic carbocycles. The molecule has 110 valence electrons. The second-order valence-corrected chi connectivity index (χ2v) is 5.16. The van der Waals surface area contributed by atoms with Gasteiger partial charge in [0.05, 0.1) is 7.11 Å². The molecule has 0 aromatic heterocycles. The van der Waals surface area contributed by atoms with Crippen molar-refractivity contribution in [2.24, 2.45) is 0 Å². The van der Waals surface area contributed by atoms with E-state index in [2.05, 4.69) is 5.32 Å². The summed E-state index contributed by atoms with van der Waals surface area (Å²) in [6.07, 6.45) is 0. The Hall–Kier alpha value is -2.49. The molecule has 2 aromatic rings. The van der Waals surface area contributed by atoms with Crippen molar-refractivity contribution in [3.8, 4) is 5.75 Å². The molecule has 0 radical (unpaired) electrons. The Bertz CT molecular complexity index is 654. The molecule has 21 heavy (non-hydrogen) atoms. The van der Waals surface area contributed by atoms with E-state index in [4.69, 9.17) is 4.74 Å². The van der Waals surface area contributed by atoms with Gasteiger partial charge >= 0.3 is 5.97 Å². The van der Waals surface area contributed by atoms with Crippen molar-refractivity contribution in [3.05, 3.63) is 59.7 Å². The zero-order valence-corrected chi connectivity index (χ0v) is 12.4. The molecule has 0 aliphatic rings. The summed E-state index contributed by atoms with van der Waals surface area (Å²) in [7, 11) is 1.56. The minimum absolute atomic E-state index is 0.631. The number of carbonyl (C=O) groups is 1. The minimum Gasteiger partial charge on any atom is -0.497 e. The molecule has 0 saturated carbocycles. The highest BCUT2D eigenvalue weighted by molar-refractivity contribution is 5.84. The standard InChI is InChI=1S/C17H19NO3/c1-12-6-4-8-14(10-12)18-17(2,16(19)20)13-7-5-9-15(11-13)21-3/h4-11,18H,1-3H3,(H,19,20). The van der Waals surface area contributed by atoms with Gasteiger partial charge in [0.1, 0.15) is 5.75 Å². The number of methoxy groups -OCH3 is 1. The zero-order valence-electron chi connectivity index (χ0n) is 12.4. The maximum atomic E-state index is 11.8. The maximum absolute atomic E-state index is 11.8. The van der Waals surface area contributed by atoms with Crippen molar-refractivity contribution < 1.29 is 14.6 Å². The number of rotatable bonds is 5. The number of aliphatic carboxylic acids is 1. The van der Waals surface area contributed by atoms with E-state index in [9.17, 15) is 9.90 Å². The molecule has 2 rings (SSSR count). The highest BCUT2D eigenvalue weighted by Gasteiger charge is 2.35. The summed E-state index contributed by atoms with van der Waals surface area (Å²) >= 11 is 0. The fourth-order valence-electron chi connectivity index (χ4n) is 2.19. The predicted molar refractivity (Wildman–Crippen MR) is 82.8 cm³/mol. The van der Waals surface area contributed by atoms with E-state index in [1.165, 1.54) is 0 Å². The fourth-order valence-corrected chi connectivity index (χ4v) is 2.19. The van der Waals surface area contributed by atoms with Crippen LogP contribution in [0.3, 0.4) is 0 Å². The zero-order chi connectivity index (χ0) is 15.5. The van der Waals surface area contributed by atoms with Crippen LogP contribution in [0.5, 0.6) is 5.75 Å². The van der Waals surface area contributed by atoms with E-state index < -0.39 is 11.5 Å². The first kappa shape index (κ1) is 14.9. The lowest BCUT2D eigenvalue weighted by Crippen LogP contribution is -2.40. The van der Waals surface area contributed by atoms with Crippen molar-refractivity contribution in [3.63, 3.8) is 0 Å². The number of carboxylic acid groups (broad SMARTS) is 1. The number of anilines is 1. The molecule has 2 N–H and O–H groups in total. The second-order valence-electron chi connectivity index (χ2n) is 5.16. The van der Waals surface area contributed by atoms with Gasteiger partial charge in [0.25, 0.3) is 0 Å². The largest absolute Gasteiger partial charge is 0.497 e. The molecule has 0 bridgehead atoms. The first-order valence-corrected chi connectivity index (χ1v) is 6.68. The summed E-state index contributed by atoms with van der Waals surface area (Å²) < 4.78 is 5.18. The third-order valence-electron chi connectivity index (χ3n) is 3.49. The molecule has 0 aliphatic heterocycles. The van der Waals surface area contributed by atoms with Gasteiger partial charge in [0.15, 0.2) is 5.54 Å². The lowest BCUT2D eigenvalue weighted by atomic mass is 9.91. The second kappa shape index (κ2) is 5.87. The summed E-state index contributed by atoms with van der Waals surface area (Å²) in [4.78, 5) is 11.8. The monoisotopic (exact) mass is 285 g/mol. The van der Waals surface area contributed by atoms with Crippen LogP contribution < -0.4 is 10.1 Å². The van der Waals surface area contributed by atoms with Gasteiger partial charge in [0.2, 0.25) is 0 Å². The van der Waals surface area contributed by atoms with Crippen LogP contribution >= 0.6 is 0 Å². The van der Waals surface area contributed by atoms with Crippen LogP contribution in [0, 0.1) is 6.92 Å². The van der Waals surface area contributed by atoms with E-state index in [0.717, 1.165) is 11.3 Å². The Kier molecular flexibility index (Phi) is 4.17. The highest BCUT2D eigenvalue weighted by atomic mass is 16.5. The van der Waals surface area contributed by atoms with Gasteiger partial charge in [-0.05, 0) is 49.2 Å². The van der Waals surface area contributed by atoms with Gasteiger partial charge in [-0.1, -0.05) is 24.3 Å². The van der Waals surface area contributed by atoms with E-state index in [0.29, 0.717) is 11.3 Å². The summed E-state index contributed by atoms with van der Waals surface area (Å²) in [6, 6.07) is 14.7. The summed E-state index contributed by atoms with van der Waals surface area (Å²) in [5, 5.41) is 12.8. The van der Waals surface area contributed by atoms with E-state index in [1.54, 1.807) is 38.3 Å². The quantitative estimate of drug-likeness (QED) is 0.883. The van der Waals surface area contributed by atoms with Crippen molar-refractivity contribution >= 4 is 11.7 Å². The topological polar surface area (TPSA) is 58.6 Å². The number of nitrogens with one attached hydrogen (secondary N) is 1. The van der Waals surface area contributed by atoms with Gasteiger partial charge in [-0.2, -0.15) is 0 Å². The van der Waals surface area contributed by atoms with Crippen LogP contribution in [0.4, 0.5) is 5.69 Å². The van der Waals surface area contributed by atoms with E-state index >= 15 is 0 Å². The average Bonchev–Trinajstić information content (AvgIpc) is 2.47. The summed E-state index contributed by atoms with van der Waals surface area (Å²) in [5.41, 5.74) is 1.24. The van der Waals surface area contributed by atoms with Gasteiger partial charge < -0.3 is 15.2 Å². The number of hydrogen-bond acceptors (Lipinski definition) is 3. The number of carboxylic acids is 1. The normalized spacial score (nSPS) is 13.3. The van der Waals surface area contributed by atoms with E-state index in [-0.39, 0.29) is 0 Å². The third-order valence-corrected chi connectivity index (χ3v) is 3.49. The lowest BCUT2D eigenvalue weighted by Gasteiger charge is -2.28. The molecule has 4 nitrogen and oxygen atoms in total. The molecular formula is C17H19NO3. The Morgan fingerprint density at radius 1 is 1.19 bits per heavy atom. The van der Waals surface area contributed by atoms with Gasteiger partial charge in [-0.25, -0.2) is 4.79 Å². The fraction of sp³-hybridized carbons (Fsp3) is 0.235. The van der Waals surface area contributed by atoms with Crippen LogP contribution in [0.25, 0.3) is 0 Å². The Morgan fingerprint density at radius 3 is 2.52 bits per heavy atom. The van der Waals surface area contributed by atoms with Crippen molar-refractivity contribution in [1.82, 2.24) is 0 Å². The number of hydrogen-bond donors (Lipinski definition) is 2. The molecule has 0 saturated heterocycles. The summed E-state index contributed by atoms with van der Waals surface area (Å²) in [5.74, 6) is -0.316. The Balaban J connectivity index is 2.42. The molecule has 0 fully saturated rings. The van der Waals surface area contributed by atoms with E-state index in [1.807, 2.05) is 31.2 Å².